The van der Waals surface area contributed by atoms with Gasteiger partial charge in [0, 0.05) is 24.9 Å². The van der Waals surface area contributed by atoms with E-state index in [9.17, 15) is 9.18 Å². The molecule has 0 fully saturated rings. The van der Waals surface area contributed by atoms with E-state index in [1.165, 1.54) is 19.2 Å². The lowest BCUT2D eigenvalue weighted by atomic mass is 10.2. The molecule has 0 radical (unpaired) electrons. The molecule has 0 saturated heterocycles. The number of carbonyl (C=O) groups excluding carboxylic acids is 1. The quantitative estimate of drug-likeness (QED) is 0.699. The third-order valence-corrected chi connectivity index (χ3v) is 3.58. The van der Waals surface area contributed by atoms with Crippen LogP contribution in [0.25, 0.3) is 0 Å². The zero-order valence-electron chi connectivity index (χ0n) is 12.2. The van der Waals surface area contributed by atoms with Crippen molar-refractivity contribution in [1.29, 1.82) is 0 Å². The molecule has 2 aromatic rings. The van der Waals surface area contributed by atoms with Crippen molar-refractivity contribution in [3.63, 3.8) is 0 Å². The summed E-state index contributed by atoms with van der Waals surface area (Å²) < 4.78 is 20.4. The fraction of sp³-hybridized carbons (Fsp3) is 0.267. The molecule has 0 saturated carbocycles. The number of nitrogens with one attached hydrogen (secondary N) is 1. The predicted molar refractivity (Wildman–Crippen MR) is 79.5 cm³/mol. The normalized spacial score (nSPS) is 18.3. The number of esters is 1. The number of ether oxygens (including phenoxy) is 1. The third kappa shape index (κ3) is 2.45. The summed E-state index contributed by atoms with van der Waals surface area (Å²) in [6, 6.07) is 4.45. The van der Waals surface area contributed by atoms with Gasteiger partial charge in [-0.3, -0.25) is 5.43 Å². The van der Waals surface area contributed by atoms with E-state index in [1.807, 2.05) is 10.8 Å². The molecule has 6 nitrogen and oxygen atoms in total. The summed E-state index contributed by atoms with van der Waals surface area (Å²) >= 11 is 0. The number of fused-ring (bicyclic) bond motifs is 1. The van der Waals surface area contributed by atoms with Gasteiger partial charge in [-0.15, -0.1) is 0 Å². The number of methoxy groups -OCH3 is 1. The maximum Gasteiger partial charge on any atom is 0.340 e. The number of hydrogen-bond acceptors (Lipinski definition) is 5. The highest BCUT2D eigenvalue weighted by molar-refractivity contribution is 6.00. The first-order valence-corrected chi connectivity index (χ1v) is 6.84. The number of halogens is 1. The summed E-state index contributed by atoms with van der Waals surface area (Å²) in [4.78, 5) is 15.6. The van der Waals surface area contributed by atoms with Crippen LogP contribution in [0.2, 0.25) is 0 Å². The highest BCUT2D eigenvalue weighted by Crippen LogP contribution is 2.24. The molecule has 1 aromatic heterocycles. The summed E-state index contributed by atoms with van der Waals surface area (Å²) in [7, 11) is 1.21. The topological polar surface area (TPSA) is 68.5 Å². The molecule has 1 aromatic carbocycles. The van der Waals surface area contributed by atoms with E-state index in [1.54, 1.807) is 12.3 Å². The molecule has 0 spiro atoms. The molecular weight excluding hydrogens is 287 g/mol. The zero-order chi connectivity index (χ0) is 15.7. The number of aromatic nitrogens is 2. The molecule has 0 bridgehead atoms. The number of imidazole rings is 1. The van der Waals surface area contributed by atoms with E-state index in [2.05, 4.69) is 27.2 Å². The first-order chi connectivity index (χ1) is 10.6. The molecule has 1 N–H and O–H groups in total. The predicted octanol–water partition coefficient (Wildman–Crippen LogP) is 2.59. The summed E-state index contributed by atoms with van der Waals surface area (Å²) in [5.41, 5.74) is 3.97. The Morgan fingerprint density at radius 2 is 2.36 bits per heavy atom. The summed E-state index contributed by atoms with van der Waals surface area (Å²) in [5, 5.41) is 4.29. The zero-order valence-corrected chi connectivity index (χ0v) is 12.2. The van der Waals surface area contributed by atoms with Crippen molar-refractivity contribution < 1.29 is 13.9 Å². The van der Waals surface area contributed by atoms with Crippen LogP contribution in [0.5, 0.6) is 0 Å². The molecule has 22 heavy (non-hydrogen) atoms. The van der Waals surface area contributed by atoms with Crippen LogP contribution in [-0.4, -0.2) is 28.3 Å². The fourth-order valence-corrected chi connectivity index (χ4v) is 2.45. The van der Waals surface area contributed by atoms with E-state index >= 15 is 0 Å². The second-order valence-corrected chi connectivity index (χ2v) is 5.07. The number of nitrogens with zero attached hydrogens (tertiary/aromatic N) is 3. The number of hydrogen-bond donors (Lipinski definition) is 1. The van der Waals surface area contributed by atoms with E-state index in [-0.39, 0.29) is 5.56 Å². The van der Waals surface area contributed by atoms with Gasteiger partial charge in [0.25, 0.3) is 0 Å². The van der Waals surface area contributed by atoms with Gasteiger partial charge in [-0.25, -0.2) is 14.2 Å². The second-order valence-electron chi connectivity index (χ2n) is 5.07. The van der Waals surface area contributed by atoms with Gasteiger partial charge in [0.2, 0.25) is 0 Å². The average molecular weight is 302 g/mol. The van der Waals surface area contributed by atoms with Gasteiger partial charge in [0.1, 0.15) is 11.5 Å². The smallest absolute Gasteiger partial charge is 0.340 e. The van der Waals surface area contributed by atoms with Crippen LogP contribution in [-0.2, 0) is 4.74 Å². The Bertz CT molecular complexity index is 754. The molecule has 1 aliphatic heterocycles. The average Bonchev–Trinajstić information content (AvgIpc) is 3.09. The highest BCUT2D eigenvalue weighted by atomic mass is 19.1. The van der Waals surface area contributed by atoms with Gasteiger partial charge in [-0.05, 0) is 25.1 Å². The largest absolute Gasteiger partial charge is 0.465 e. The molecule has 0 aliphatic carbocycles. The van der Waals surface area contributed by atoms with Crippen molar-refractivity contribution in [3.8, 4) is 0 Å². The second kappa shape index (κ2) is 5.59. The van der Waals surface area contributed by atoms with Crippen LogP contribution in [0.3, 0.4) is 0 Å². The van der Waals surface area contributed by atoms with Gasteiger partial charge in [0.15, 0.2) is 5.82 Å². The van der Waals surface area contributed by atoms with Crippen molar-refractivity contribution in [2.75, 3.05) is 12.5 Å². The monoisotopic (exact) mass is 302 g/mol. The van der Waals surface area contributed by atoms with Crippen molar-refractivity contribution in [2.45, 2.75) is 19.4 Å². The molecular formula is C15H15FN4O2. The fourth-order valence-electron chi connectivity index (χ4n) is 2.45. The standard InChI is InChI=1S/C15H15FN4O2/c1-9-7-13(14-17-5-6-20(9)14)19-18-10-3-4-11(12(16)8-10)15(21)22-2/h3-6,8-9,18H,7H2,1-2H3/b19-13-. The molecule has 0 amide bonds. The summed E-state index contributed by atoms with van der Waals surface area (Å²) in [6.07, 6.45) is 4.40. The number of anilines is 1. The SMILES string of the molecule is COC(=O)c1ccc(N/N=C2/CC(C)n3ccnc32)cc1F. The minimum atomic E-state index is -0.706. The molecule has 1 unspecified atom stereocenters. The van der Waals surface area contributed by atoms with Crippen LogP contribution >= 0.6 is 0 Å². The van der Waals surface area contributed by atoms with Crippen molar-refractivity contribution >= 4 is 17.4 Å². The van der Waals surface area contributed by atoms with Gasteiger partial charge in [-0.2, -0.15) is 5.10 Å². The van der Waals surface area contributed by atoms with Gasteiger partial charge in [0.05, 0.1) is 18.4 Å². The lowest BCUT2D eigenvalue weighted by molar-refractivity contribution is 0.0595. The van der Waals surface area contributed by atoms with E-state index in [4.69, 9.17) is 0 Å². The van der Waals surface area contributed by atoms with Crippen LogP contribution in [0.1, 0.15) is 35.6 Å². The van der Waals surface area contributed by atoms with E-state index < -0.39 is 11.8 Å². The molecule has 3 rings (SSSR count). The first kappa shape index (κ1) is 14.2. The van der Waals surface area contributed by atoms with Gasteiger partial charge >= 0.3 is 5.97 Å². The number of carbonyl (C=O) groups is 1. The summed E-state index contributed by atoms with van der Waals surface area (Å²) in [6.45, 7) is 2.08. The van der Waals surface area contributed by atoms with Crippen molar-refractivity contribution in [1.82, 2.24) is 9.55 Å². The molecule has 114 valence electrons. The maximum atomic E-state index is 13.8. The Morgan fingerprint density at radius 3 is 3.09 bits per heavy atom. The Morgan fingerprint density at radius 1 is 1.55 bits per heavy atom. The minimum Gasteiger partial charge on any atom is -0.465 e. The lowest BCUT2D eigenvalue weighted by Gasteiger charge is -2.05. The number of rotatable bonds is 3. The molecule has 2 heterocycles. The maximum absolute atomic E-state index is 13.8. The molecule has 1 atom stereocenters. The van der Waals surface area contributed by atoms with Crippen molar-refractivity contribution in [2.24, 2.45) is 5.10 Å². The highest BCUT2D eigenvalue weighted by Gasteiger charge is 2.24. The third-order valence-electron chi connectivity index (χ3n) is 3.58. The van der Waals surface area contributed by atoms with Crippen molar-refractivity contribution in [3.05, 3.63) is 47.8 Å². The number of hydrazone groups is 1. The lowest BCUT2D eigenvalue weighted by Crippen LogP contribution is -2.05. The van der Waals surface area contributed by atoms with Gasteiger partial charge in [-0.1, -0.05) is 0 Å². The molecule has 7 heteroatoms. The Labute approximate surface area is 126 Å². The Kier molecular flexibility index (Phi) is 3.62. The minimum absolute atomic E-state index is 0.106. The Hall–Kier alpha value is -2.70. The van der Waals surface area contributed by atoms with E-state index in [0.29, 0.717) is 11.7 Å². The summed E-state index contributed by atoms with van der Waals surface area (Å²) in [5.74, 6) is -0.549. The van der Waals surface area contributed by atoms with Gasteiger partial charge < -0.3 is 9.30 Å². The molecule has 1 aliphatic rings. The Balaban J connectivity index is 1.79. The van der Waals surface area contributed by atoms with Crippen LogP contribution in [0, 0.1) is 5.82 Å². The van der Waals surface area contributed by atoms with Crippen LogP contribution in [0.15, 0.2) is 35.7 Å². The van der Waals surface area contributed by atoms with E-state index in [0.717, 1.165) is 18.0 Å². The van der Waals surface area contributed by atoms with Crippen LogP contribution in [0.4, 0.5) is 10.1 Å². The number of benzene rings is 1. The first-order valence-electron chi connectivity index (χ1n) is 6.84. The van der Waals surface area contributed by atoms with Crippen LogP contribution < -0.4 is 5.43 Å².